The lowest BCUT2D eigenvalue weighted by Crippen LogP contribution is -2.09. The summed E-state index contributed by atoms with van der Waals surface area (Å²) in [6.45, 7) is 0.345. The Morgan fingerprint density at radius 3 is 2.75 bits per heavy atom. The quantitative estimate of drug-likeness (QED) is 0.870. The van der Waals surface area contributed by atoms with Crippen molar-refractivity contribution in [3.63, 3.8) is 0 Å². The van der Waals surface area contributed by atoms with Gasteiger partial charge >= 0.3 is 0 Å². The van der Waals surface area contributed by atoms with Gasteiger partial charge in [0.25, 0.3) is 0 Å². The van der Waals surface area contributed by atoms with Crippen LogP contribution >= 0.6 is 27.3 Å². The first-order chi connectivity index (χ1) is 5.76. The Morgan fingerprint density at radius 2 is 2.33 bits per heavy atom. The van der Waals surface area contributed by atoms with Crippen molar-refractivity contribution in [1.82, 2.24) is 0 Å². The van der Waals surface area contributed by atoms with Gasteiger partial charge in [0.2, 0.25) is 0 Å². The highest BCUT2D eigenvalue weighted by molar-refractivity contribution is 9.10. The van der Waals surface area contributed by atoms with Crippen LogP contribution in [0.3, 0.4) is 0 Å². The van der Waals surface area contributed by atoms with E-state index in [-0.39, 0.29) is 5.41 Å². The Balaban J connectivity index is 2.08. The lowest BCUT2D eigenvalue weighted by Gasteiger charge is -2.09. The van der Waals surface area contributed by atoms with Gasteiger partial charge in [0.05, 0.1) is 0 Å². The monoisotopic (exact) mass is 246 g/mol. The smallest absolute Gasteiger partial charge is 0.0490 e. The molecule has 0 aliphatic heterocycles. The summed E-state index contributed by atoms with van der Waals surface area (Å²) in [4.78, 5) is 1.38. The summed E-state index contributed by atoms with van der Waals surface area (Å²) >= 11 is 5.28. The van der Waals surface area contributed by atoms with Crippen molar-refractivity contribution in [2.45, 2.75) is 19.3 Å². The number of hydrogen-bond donors (Lipinski definition) is 1. The van der Waals surface area contributed by atoms with Gasteiger partial charge in [-0.2, -0.15) is 0 Å². The summed E-state index contributed by atoms with van der Waals surface area (Å²) in [5.74, 6) is 0. The van der Waals surface area contributed by atoms with Gasteiger partial charge in [0, 0.05) is 16.0 Å². The fourth-order valence-electron chi connectivity index (χ4n) is 1.36. The van der Waals surface area contributed by atoms with Crippen LogP contribution in [0.4, 0.5) is 0 Å². The van der Waals surface area contributed by atoms with Gasteiger partial charge < -0.3 is 5.11 Å². The molecule has 2 rings (SSSR count). The molecule has 1 nitrogen and oxygen atoms in total. The van der Waals surface area contributed by atoms with Gasteiger partial charge in [-0.1, -0.05) is 0 Å². The highest BCUT2D eigenvalue weighted by Crippen LogP contribution is 2.49. The van der Waals surface area contributed by atoms with Crippen LogP contribution in [0.5, 0.6) is 0 Å². The molecule has 0 amide bonds. The van der Waals surface area contributed by atoms with E-state index in [0.717, 1.165) is 6.42 Å². The van der Waals surface area contributed by atoms with Crippen LogP contribution in [0, 0.1) is 5.41 Å². The number of halogens is 1. The first kappa shape index (κ1) is 8.73. The molecule has 0 atom stereocenters. The summed E-state index contributed by atoms with van der Waals surface area (Å²) < 4.78 is 1.20. The van der Waals surface area contributed by atoms with Gasteiger partial charge in [0.1, 0.15) is 0 Å². The van der Waals surface area contributed by atoms with E-state index in [9.17, 15) is 0 Å². The first-order valence-corrected chi connectivity index (χ1v) is 5.76. The van der Waals surface area contributed by atoms with E-state index in [2.05, 4.69) is 27.4 Å². The third-order valence-corrected chi connectivity index (χ3v) is 4.45. The van der Waals surface area contributed by atoms with Crippen molar-refractivity contribution in [3.05, 3.63) is 20.8 Å². The molecular formula is C9H11BrOS. The molecule has 12 heavy (non-hydrogen) atoms. The average molecular weight is 247 g/mol. The Hall–Kier alpha value is 0.140. The van der Waals surface area contributed by atoms with E-state index in [4.69, 9.17) is 5.11 Å². The van der Waals surface area contributed by atoms with Crippen molar-refractivity contribution in [2.75, 3.05) is 6.61 Å². The molecule has 66 valence electrons. The molecular weight excluding hydrogens is 236 g/mol. The van der Waals surface area contributed by atoms with Gasteiger partial charge in [-0.3, -0.25) is 0 Å². The van der Waals surface area contributed by atoms with Crippen molar-refractivity contribution >= 4 is 27.3 Å². The van der Waals surface area contributed by atoms with Gasteiger partial charge in [0.15, 0.2) is 0 Å². The third kappa shape index (κ3) is 1.58. The molecule has 1 saturated carbocycles. The van der Waals surface area contributed by atoms with E-state index in [1.165, 1.54) is 22.2 Å². The first-order valence-electron chi connectivity index (χ1n) is 4.08. The maximum Gasteiger partial charge on any atom is 0.0490 e. The highest BCUT2D eigenvalue weighted by Gasteiger charge is 2.42. The van der Waals surface area contributed by atoms with E-state index < -0.39 is 0 Å². The topological polar surface area (TPSA) is 20.2 Å². The summed E-state index contributed by atoms with van der Waals surface area (Å²) in [5.41, 5.74) is 0.243. The van der Waals surface area contributed by atoms with Gasteiger partial charge in [-0.05, 0) is 52.1 Å². The maximum atomic E-state index is 9.14. The van der Waals surface area contributed by atoms with Crippen LogP contribution in [0.15, 0.2) is 15.9 Å². The predicted molar refractivity (Wildman–Crippen MR) is 54.5 cm³/mol. The molecule has 0 spiro atoms. The van der Waals surface area contributed by atoms with Gasteiger partial charge in [-0.15, -0.1) is 11.3 Å². The van der Waals surface area contributed by atoms with Crippen LogP contribution in [-0.4, -0.2) is 11.7 Å². The summed E-state index contributed by atoms with van der Waals surface area (Å²) in [6.07, 6.45) is 3.42. The molecule has 1 fully saturated rings. The second-order valence-corrected chi connectivity index (χ2v) is 5.38. The molecule has 0 aromatic carbocycles. The molecule has 3 heteroatoms. The Kier molecular flexibility index (Phi) is 2.27. The minimum atomic E-state index is 0.243. The second-order valence-electron chi connectivity index (χ2n) is 3.53. The van der Waals surface area contributed by atoms with Crippen LogP contribution in [0.2, 0.25) is 0 Å². The van der Waals surface area contributed by atoms with E-state index in [0.29, 0.717) is 6.61 Å². The number of aliphatic hydroxyl groups is 1. The molecule has 0 saturated heterocycles. The average Bonchev–Trinajstić information content (AvgIpc) is 2.74. The van der Waals surface area contributed by atoms with Crippen LogP contribution in [0.1, 0.15) is 17.7 Å². The molecule has 1 aliphatic carbocycles. The molecule has 1 aromatic heterocycles. The summed E-state index contributed by atoms with van der Waals surface area (Å²) in [5, 5.41) is 11.2. The SMILES string of the molecule is OCC1(Cc2sccc2Br)CC1. The van der Waals surface area contributed by atoms with Gasteiger partial charge in [-0.25, -0.2) is 0 Å². The molecule has 1 heterocycles. The van der Waals surface area contributed by atoms with E-state index in [1.54, 1.807) is 11.3 Å². The summed E-state index contributed by atoms with van der Waals surface area (Å²) in [7, 11) is 0. The fourth-order valence-corrected chi connectivity index (χ4v) is 3.03. The molecule has 0 radical (unpaired) electrons. The van der Waals surface area contributed by atoms with Crippen LogP contribution in [-0.2, 0) is 6.42 Å². The largest absolute Gasteiger partial charge is 0.396 e. The highest BCUT2D eigenvalue weighted by atomic mass is 79.9. The van der Waals surface area contributed by atoms with Crippen molar-refractivity contribution in [1.29, 1.82) is 0 Å². The number of thiophene rings is 1. The lowest BCUT2D eigenvalue weighted by molar-refractivity contribution is 0.211. The maximum absolute atomic E-state index is 9.14. The number of aliphatic hydroxyl groups excluding tert-OH is 1. The predicted octanol–water partition coefficient (Wildman–Crippen LogP) is 2.83. The normalized spacial score (nSPS) is 19.5. The number of rotatable bonds is 3. The molecule has 1 aliphatic rings. The Labute approximate surface area is 84.6 Å². The van der Waals surface area contributed by atoms with E-state index >= 15 is 0 Å². The molecule has 0 bridgehead atoms. The zero-order chi connectivity index (χ0) is 8.60. The summed E-state index contributed by atoms with van der Waals surface area (Å²) in [6, 6.07) is 2.08. The lowest BCUT2D eigenvalue weighted by atomic mass is 10.0. The zero-order valence-electron chi connectivity index (χ0n) is 6.72. The number of hydrogen-bond acceptors (Lipinski definition) is 2. The molecule has 1 aromatic rings. The Morgan fingerprint density at radius 1 is 1.58 bits per heavy atom. The minimum Gasteiger partial charge on any atom is -0.396 e. The van der Waals surface area contributed by atoms with Crippen molar-refractivity contribution in [3.8, 4) is 0 Å². The van der Waals surface area contributed by atoms with Crippen LogP contribution < -0.4 is 0 Å². The fraction of sp³-hybridized carbons (Fsp3) is 0.556. The van der Waals surface area contributed by atoms with E-state index in [1.807, 2.05) is 0 Å². The third-order valence-electron chi connectivity index (χ3n) is 2.52. The Bertz CT molecular complexity index is 278. The zero-order valence-corrected chi connectivity index (χ0v) is 9.12. The minimum absolute atomic E-state index is 0.243. The second kappa shape index (κ2) is 3.13. The molecule has 0 unspecified atom stereocenters. The molecule has 1 N–H and O–H groups in total. The standard InChI is InChI=1S/C9H11BrOS/c10-7-1-4-12-8(7)5-9(6-11)2-3-9/h1,4,11H,2-3,5-6H2. The van der Waals surface area contributed by atoms with Crippen molar-refractivity contribution < 1.29 is 5.11 Å². The van der Waals surface area contributed by atoms with Crippen LogP contribution in [0.25, 0.3) is 0 Å². The van der Waals surface area contributed by atoms with Crippen molar-refractivity contribution in [2.24, 2.45) is 5.41 Å².